The highest BCUT2D eigenvalue weighted by atomic mass is 19.4. The van der Waals surface area contributed by atoms with Gasteiger partial charge in [-0.05, 0) is 19.1 Å². The number of alkyl halides is 3. The maximum atomic E-state index is 12.5. The largest absolute Gasteiger partial charge is 0.480 e. The molecule has 7 nitrogen and oxygen atoms in total. The lowest BCUT2D eigenvalue weighted by atomic mass is 10.2. The van der Waals surface area contributed by atoms with Crippen LogP contribution in [0.2, 0.25) is 0 Å². The fourth-order valence-corrected chi connectivity index (χ4v) is 1.36. The molecule has 0 saturated carbocycles. The van der Waals surface area contributed by atoms with Crippen molar-refractivity contribution in [3.05, 3.63) is 23.9 Å². The van der Waals surface area contributed by atoms with Crippen molar-refractivity contribution < 1.29 is 32.7 Å². The maximum Gasteiger partial charge on any atom is 0.416 e. The number of aliphatic carboxylic acids is 1. The number of hydroxylamine groups is 2. The molecule has 2 amide bonds. The highest BCUT2D eigenvalue weighted by Crippen LogP contribution is 2.29. The van der Waals surface area contributed by atoms with Crippen LogP contribution in [0.5, 0.6) is 0 Å². The van der Waals surface area contributed by atoms with E-state index in [-0.39, 0.29) is 5.82 Å². The average molecular weight is 307 g/mol. The van der Waals surface area contributed by atoms with Crippen LogP contribution in [0.3, 0.4) is 0 Å². The van der Waals surface area contributed by atoms with Crippen LogP contribution in [-0.2, 0) is 15.8 Å². The summed E-state index contributed by atoms with van der Waals surface area (Å²) < 4.78 is 37.5. The predicted molar refractivity (Wildman–Crippen MR) is 64.2 cm³/mol. The lowest BCUT2D eigenvalue weighted by Gasteiger charge is -2.23. The summed E-state index contributed by atoms with van der Waals surface area (Å²) in [4.78, 5) is 30.7. The normalized spacial score (nSPS) is 12.6. The summed E-state index contributed by atoms with van der Waals surface area (Å²) in [5.41, 5.74) is -0.997. The second-order valence-corrected chi connectivity index (χ2v) is 3.88. The van der Waals surface area contributed by atoms with Gasteiger partial charge in [-0.15, -0.1) is 0 Å². The number of urea groups is 1. The number of amides is 2. The van der Waals surface area contributed by atoms with E-state index in [1.165, 1.54) is 6.92 Å². The zero-order valence-electron chi connectivity index (χ0n) is 11.0. The average Bonchev–Trinajstić information content (AvgIpc) is 2.38. The lowest BCUT2D eigenvalue weighted by molar-refractivity contribution is -0.161. The number of carboxylic acids is 1. The van der Waals surface area contributed by atoms with E-state index in [0.29, 0.717) is 11.1 Å². The van der Waals surface area contributed by atoms with Gasteiger partial charge in [0, 0.05) is 6.20 Å². The van der Waals surface area contributed by atoms with Gasteiger partial charge in [-0.25, -0.2) is 14.6 Å². The molecular formula is C11H12F3N3O4. The number of carbonyl (C=O) groups excluding carboxylic acids is 1. The number of anilines is 1. The van der Waals surface area contributed by atoms with Crippen molar-refractivity contribution in [2.75, 3.05) is 12.4 Å². The molecule has 0 aliphatic rings. The molecule has 0 spiro atoms. The molecule has 1 aromatic rings. The maximum absolute atomic E-state index is 12.5. The van der Waals surface area contributed by atoms with Crippen LogP contribution in [0.25, 0.3) is 0 Å². The van der Waals surface area contributed by atoms with E-state index in [0.717, 1.165) is 19.4 Å². The van der Waals surface area contributed by atoms with Gasteiger partial charge in [0.15, 0.2) is 6.04 Å². The third kappa shape index (κ3) is 4.31. The summed E-state index contributed by atoms with van der Waals surface area (Å²) >= 11 is 0. The summed E-state index contributed by atoms with van der Waals surface area (Å²) in [5, 5.41) is 11.3. The molecule has 10 heteroatoms. The summed E-state index contributed by atoms with van der Waals surface area (Å²) in [7, 11) is 1.05. The Kier molecular flexibility index (Phi) is 5.08. The quantitative estimate of drug-likeness (QED) is 0.830. The smallest absolute Gasteiger partial charge is 0.416 e. The van der Waals surface area contributed by atoms with Gasteiger partial charge in [-0.2, -0.15) is 18.2 Å². The van der Waals surface area contributed by atoms with Crippen LogP contribution in [0.1, 0.15) is 12.5 Å². The van der Waals surface area contributed by atoms with Crippen LogP contribution < -0.4 is 5.32 Å². The molecule has 0 fully saturated rings. The monoisotopic (exact) mass is 307 g/mol. The van der Waals surface area contributed by atoms with Crippen molar-refractivity contribution in [3.63, 3.8) is 0 Å². The highest BCUT2D eigenvalue weighted by molar-refractivity contribution is 5.90. The first-order valence-corrected chi connectivity index (χ1v) is 5.57. The standard InChI is InChI=1S/C11H12F3N3O4/c1-6(9(18)19)17(21-2)10(20)16-8-5-7(3-4-15-8)11(12,13)14/h3-6H,1-2H3,(H,18,19)(H,15,16,20). The molecule has 0 radical (unpaired) electrons. The van der Waals surface area contributed by atoms with E-state index >= 15 is 0 Å². The molecule has 21 heavy (non-hydrogen) atoms. The first-order chi connectivity index (χ1) is 9.66. The molecule has 0 aromatic carbocycles. The molecule has 0 bridgehead atoms. The van der Waals surface area contributed by atoms with Gasteiger partial charge in [0.1, 0.15) is 5.82 Å². The Balaban J connectivity index is 2.90. The van der Waals surface area contributed by atoms with Crippen LogP contribution in [0.4, 0.5) is 23.8 Å². The Bertz CT molecular complexity index is 536. The van der Waals surface area contributed by atoms with Crippen molar-refractivity contribution in [2.45, 2.75) is 19.1 Å². The molecule has 0 aliphatic heterocycles. The number of hydrogen-bond acceptors (Lipinski definition) is 4. The molecule has 116 valence electrons. The topological polar surface area (TPSA) is 91.8 Å². The van der Waals surface area contributed by atoms with Crippen LogP contribution >= 0.6 is 0 Å². The van der Waals surface area contributed by atoms with Crippen molar-refractivity contribution in [1.82, 2.24) is 10.0 Å². The van der Waals surface area contributed by atoms with Crippen molar-refractivity contribution in [1.29, 1.82) is 0 Å². The van der Waals surface area contributed by atoms with Crippen molar-refractivity contribution >= 4 is 17.8 Å². The molecule has 0 saturated heterocycles. The van der Waals surface area contributed by atoms with Crippen LogP contribution in [0.15, 0.2) is 18.3 Å². The first kappa shape index (κ1) is 16.7. The van der Waals surface area contributed by atoms with E-state index in [1.807, 2.05) is 5.32 Å². The summed E-state index contributed by atoms with van der Waals surface area (Å²) in [6.07, 6.45) is -3.71. The van der Waals surface area contributed by atoms with Crippen molar-refractivity contribution in [3.8, 4) is 0 Å². The molecule has 1 rings (SSSR count). The van der Waals surface area contributed by atoms with Gasteiger partial charge < -0.3 is 5.11 Å². The minimum absolute atomic E-state index is 0.380. The summed E-state index contributed by atoms with van der Waals surface area (Å²) in [6, 6.07) is -1.03. The molecule has 1 unspecified atom stereocenters. The number of carboxylic acid groups (broad SMARTS) is 1. The van der Waals surface area contributed by atoms with Crippen LogP contribution in [-0.4, -0.2) is 40.3 Å². The highest BCUT2D eigenvalue weighted by Gasteiger charge is 2.31. The van der Waals surface area contributed by atoms with E-state index in [9.17, 15) is 22.8 Å². The Morgan fingerprint density at radius 1 is 1.48 bits per heavy atom. The second-order valence-electron chi connectivity index (χ2n) is 3.88. The van der Waals surface area contributed by atoms with E-state index in [2.05, 4.69) is 9.82 Å². The fourth-order valence-electron chi connectivity index (χ4n) is 1.36. The summed E-state index contributed by atoms with van der Waals surface area (Å²) in [5.74, 6) is -1.72. The molecule has 2 N–H and O–H groups in total. The van der Waals surface area contributed by atoms with Gasteiger partial charge in [-0.3, -0.25) is 10.2 Å². The molecular weight excluding hydrogens is 295 g/mol. The number of carbonyl (C=O) groups is 2. The number of nitrogens with zero attached hydrogens (tertiary/aromatic N) is 2. The van der Waals surface area contributed by atoms with Gasteiger partial charge in [0.05, 0.1) is 12.7 Å². The van der Waals surface area contributed by atoms with Crippen molar-refractivity contribution in [2.24, 2.45) is 0 Å². The number of nitrogens with one attached hydrogen (secondary N) is 1. The fraction of sp³-hybridized carbons (Fsp3) is 0.364. The van der Waals surface area contributed by atoms with Gasteiger partial charge in [-0.1, -0.05) is 0 Å². The Labute approximate surface area is 117 Å². The Hall–Kier alpha value is -2.36. The minimum Gasteiger partial charge on any atom is -0.480 e. The number of halogens is 3. The first-order valence-electron chi connectivity index (χ1n) is 5.57. The third-order valence-corrected chi connectivity index (χ3v) is 2.43. The Morgan fingerprint density at radius 2 is 2.10 bits per heavy atom. The number of aromatic nitrogens is 1. The van der Waals surface area contributed by atoms with Crippen LogP contribution in [0, 0.1) is 0 Å². The lowest BCUT2D eigenvalue weighted by Crippen LogP contribution is -2.44. The molecule has 0 aliphatic carbocycles. The third-order valence-electron chi connectivity index (χ3n) is 2.43. The summed E-state index contributed by atoms with van der Waals surface area (Å²) in [6.45, 7) is 1.17. The van der Waals surface area contributed by atoms with E-state index < -0.39 is 29.8 Å². The van der Waals surface area contributed by atoms with E-state index in [4.69, 9.17) is 5.11 Å². The zero-order valence-corrected chi connectivity index (χ0v) is 11.0. The number of rotatable bonds is 4. The van der Waals surface area contributed by atoms with Gasteiger partial charge in [0.25, 0.3) is 0 Å². The van der Waals surface area contributed by atoms with Gasteiger partial charge in [0.2, 0.25) is 0 Å². The molecule has 1 heterocycles. The molecule has 1 aromatic heterocycles. The molecule has 1 atom stereocenters. The Morgan fingerprint density at radius 3 is 2.57 bits per heavy atom. The predicted octanol–water partition coefficient (Wildman–Crippen LogP) is 1.97. The number of pyridine rings is 1. The zero-order chi connectivity index (χ0) is 16.2. The minimum atomic E-state index is -4.59. The SMILES string of the molecule is CON(C(=O)Nc1cc(C(F)(F)F)ccn1)C(C)C(=O)O. The van der Waals surface area contributed by atoms with Gasteiger partial charge >= 0.3 is 18.2 Å². The van der Waals surface area contributed by atoms with E-state index in [1.54, 1.807) is 0 Å². The number of hydrogen-bond donors (Lipinski definition) is 2. The second kappa shape index (κ2) is 6.39.